The van der Waals surface area contributed by atoms with E-state index in [0.29, 0.717) is 37.8 Å². The molecule has 5 N–H and O–H groups in total. The first-order valence-corrected chi connectivity index (χ1v) is 23.2. The number of aromatic nitrogens is 3. The van der Waals surface area contributed by atoms with Gasteiger partial charge in [0.25, 0.3) is 0 Å². The van der Waals surface area contributed by atoms with Gasteiger partial charge in [-0.15, -0.1) is 11.3 Å². The number of piperazine rings is 1. The number of rotatable bonds is 13. The number of nitrogens with zero attached hydrogens (tertiary/aromatic N) is 7. The van der Waals surface area contributed by atoms with Gasteiger partial charge in [0.15, 0.2) is 0 Å². The van der Waals surface area contributed by atoms with Crippen molar-refractivity contribution in [2.45, 2.75) is 79.1 Å². The Kier molecular flexibility index (Phi) is 14.7. The van der Waals surface area contributed by atoms with Crippen LogP contribution in [0.15, 0.2) is 84.6 Å². The lowest BCUT2D eigenvalue weighted by Crippen LogP contribution is -2.59. The number of aliphatic hydroxyl groups excluding tert-OH is 1. The van der Waals surface area contributed by atoms with Gasteiger partial charge in [0.2, 0.25) is 17.7 Å². The molecule has 5 aromatic rings. The molecule has 4 heterocycles. The molecule has 17 heteroatoms. The summed E-state index contributed by atoms with van der Waals surface area (Å²) in [7, 11) is 1.66. The van der Waals surface area contributed by atoms with Crippen molar-refractivity contribution in [2.24, 2.45) is 5.41 Å². The van der Waals surface area contributed by atoms with Crippen LogP contribution in [0.1, 0.15) is 62.5 Å². The zero-order chi connectivity index (χ0) is 47.3. The van der Waals surface area contributed by atoms with E-state index in [1.54, 1.807) is 24.5 Å². The van der Waals surface area contributed by atoms with Gasteiger partial charge in [-0.3, -0.25) is 24.2 Å². The Balaban J connectivity index is 0.891. The van der Waals surface area contributed by atoms with E-state index >= 15 is 0 Å². The lowest BCUT2D eigenvalue weighted by Gasteiger charge is -2.37. The van der Waals surface area contributed by atoms with Gasteiger partial charge in [0.05, 0.1) is 34.8 Å². The first-order chi connectivity index (χ1) is 31.4. The summed E-state index contributed by atoms with van der Waals surface area (Å²) in [6, 6.07) is 21.1. The first kappa shape index (κ1) is 47.5. The lowest BCUT2D eigenvalue weighted by atomic mass is 9.85. The Hall–Kier alpha value is -6.43. The van der Waals surface area contributed by atoms with E-state index in [1.165, 1.54) is 16.1 Å². The third-order valence-corrected chi connectivity index (χ3v) is 13.3. The average molecular weight is 916 g/mol. The lowest BCUT2D eigenvalue weighted by molar-refractivity contribution is -0.144. The quantitative estimate of drug-likeness (QED) is 0.0876. The number of hydrogen-bond donors (Lipinski definition) is 5. The predicted octanol–water partition coefficient (Wildman–Crippen LogP) is 6.43. The maximum absolute atomic E-state index is 14.2. The molecule has 3 aromatic carbocycles. The van der Waals surface area contributed by atoms with Crippen molar-refractivity contribution in [2.75, 3.05) is 66.7 Å². The maximum atomic E-state index is 14.2. The Labute approximate surface area is 390 Å². The fourth-order valence-electron chi connectivity index (χ4n) is 8.40. The molecule has 2 aromatic heterocycles. The van der Waals surface area contributed by atoms with Crippen LogP contribution in [0.25, 0.3) is 10.4 Å². The molecule has 0 saturated carbocycles. The average Bonchev–Trinajstić information content (AvgIpc) is 3.91. The normalized spacial score (nSPS) is 17.5. The van der Waals surface area contributed by atoms with Crippen LogP contribution in [0.4, 0.5) is 33.5 Å². The number of anilines is 5. The second-order valence-electron chi connectivity index (χ2n) is 18.3. The van der Waals surface area contributed by atoms with E-state index < -0.39 is 29.5 Å². The van der Waals surface area contributed by atoms with Crippen LogP contribution in [0.3, 0.4) is 0 Å². The van der Waals surface area contributed by atoms with Gasteiger partial charge in [0, 0.05) is 69.3 Å². The minimum absolute atomic E-state index is 0.00398. The molecule has 0 spiro atoms. The van der Waals surface area contributed by atoms with E-state index in [9.17, 15) is 24.3 Å². The van der Waals surface area contributed by atoms with Crippen molar-refractivity contribution >= 4 is 63.8 Å². The fraction of sp³-hybridized carbons (Fsp3) is 0.408. The van der Waals surface area contributed by atoms with Gasteiger partial charge in [0.1, 0.15) is 30.0 Å². The predicted molar refractivity (Wildman–Crippen MR) is 260 cm³/mol. The number of aliphatic hydroxyl groups is 1. The molecule has 4 atom stereocenters. The molecule has 348 valence electrons. The molecule has 0 unspecified atom stereocenters. The number of amides is 5. The highest BCUT2D eigenvalue weighted by atomic mass is 32.1. The summed E-state index contributed by atoms with van der Waals surface area (Å²) in [4.78, 5) is 76.0. The van der Waals surface area contributed by atoms with Crippen molar-refractivity contribution in [3.05, 3.63) is 107 Å². The molecule has 2 aliphatic heterocycles. The number of carbonyl (C=O) groups is 4. The molecule has 0 radical (unpaired) electrons. The summed E-state index contributed by atoms with van der Waals surface area (Å²) in [5.74, 6) is -0.0457. The summed E-state index contributed by atoms with van der Waals surface area (Å²) in [6.07, 6.45) is 0.663. The van der Waals surface area contributed by atoms with Crippen molar-refractivity contribution in [1.82, 2.24) is 35.4 Å². The Morgan fingerprint density at radius 1 is 0.894 bits per heavy atom. The summed E-state index contributed by atoms with van der Waals surface area (Å²) in [5, 5.41) is 23.1. The van der Waals surface area contributed by atoms with Crippen molar-refractivity contribution < 1.29 is 24.3 Å². The molecule has 5 amide bonds. The number of aryl methyl sites for hydroxylation is 3. The molecule has 2 aliphatic rings. The Morgan fingerprint density at radius 3 is 2.21 bits per heavy atom. The third-order valence-electron chi connectivity index (χ3n) is 12.3. The van der Waals surface area contributed by atoms with E-state index in [-0.39, 0.29) is 43.4 Å². The first-order valence-electron chi connectivity index (χ1n) is 22.3. The number of para-hydroxylation sites is 1. The number of β-amino-alcohol motifs (C(OH)–C–C–N with tert-alkyl or cyclic N) is 1. The van der Waals surface area contributed by atoms with E-state index in [4.69, 9.17) is 0 Å². The van der Waals surface area contributed by atoms with Crippen LogP contribution < -0.4 is 31.1 Å². The van der Waals surface area contributed by atoms with E-state index in [1.807, 2.05) is 121 Å². The van der Waals surface area contributed by atoms with Crippen LogP contribution in [0.2, 0.25) is 0 Å². The minimum atomic E-state index is -0.915. The van der Waals surface area contributed by atoms with Crippen LogP contribution in [-0.4, -0.2) is 118 Å². The highest BCUT2D eigenvalue weighted by Crippen LogP contribution is 2.30. The summed E-state index contributed by atoms with van der Waals surface area (Å²) >= 11 is 1.58. The Morgan fingerprint density at radius 2 is 1.58 bits per heavy atom. The monoisotopic (exact) mass is 915 g/mol. The number of benzene rings is 3. The number of hydrogen-bond acceptors (Lipinski definition) is 12. The largest absolute Gasteiger partial charge is 0.391 e. The highest BCUT2D eigenvalue weighted by molar-refractivity contribution is 7.13. The molecule has 2 fully saturated rings. The number of carbonyl (C=O) groups excluding carboxylic acids is 4. The highest BCUT2D eigenvalue weighted by Gasteiger charge is 2.45. The molecule has 16 nitrogen and oxygen atoms in total. The van der Waals surface area contributed by atoms with Gasteiger partial charge in [-0.1, -0.05) is 63.2 Å². The topological polar surface area (TPSA) is 188 Å². The fourth-order valence-corrected chi connectivity index (χ4v) is 9.21. The molecule has 66 heavy (non-hydrogen) atoms. The molecule has 0 aliphatic carbocycles. The van der Waals surface area contributed by atoms with Gasteiger partial charge in [-0.25, -0.2) is 19.7 Å². The summed E-state index contributed by atoms with van der Waals surface area (Å²) in [5.41, 5.74) is 8.66. The minimum Gasteiger partial charge on any atom is -0.391 e. The standard InChI is InChI=1S/C49H61N11O5S/c1-30-10-9-11-31(2)43(30)56-48(65)57(8)41-25-40(50-28-51-41)54-36-16-18-37(19-17-36)59-22-20-58(21-23-59)27-42(62)55-45(49(5,6)7)47(64)60-26-38(61)24-39(60)46(63)53-32(3)34-12-14-35(15-13-34)44-33(4)52-29-66-44/h9-19,25,28-29,32,38-39,45,61H,20-24,26-27H2,1-8H3,(H,53,63)(H,55,62)(H,56,65)(H,50,51,54)/t32-,38+,39-,45+/m0/s1. The second kappa shape index (κ2) is 20.4. The molecule has 7 rings (SSSR count). The van der Waals surface area contributed by atoms with Crippen molar-refractivity contribution in [3.63, 3.8) is 0 Å². The van der Waals surface area contributed by atoms with Gasteiger partial charge >= 0.3 is 6.03 Å². The SMILES string of the molecule is Cc1cccc(C)c1NC(=O)N(C)c1cc(Nc2ccc(N3CCN(CC(=O)N[C@H](C(=O)N4C[C@H](O)C[C@H]4C(=O)N[C@@H](C)c4ccc(-c5scnc5C)cc4)C(C)(C)C)CC3)cc2)ncn1. The van der Waals surface area contributed by atoms with E-state index in [0.717, 1.165) is 49.9 Å². The van der Waals surface area contributed by atoms with E-state index in [2.05, 4.69) is 46.0 Å². The number of likely N-dealkylation sites (tertiary alicyclic amines) is 1. The summed E-state index contributed by atoms with van der Waals surface area (Å²) in [6.45, 7) is 16.2. The van der Waals surface area contributed by atoms with Crippen LogP contribution in [0, 0.1) is 26.2 Å². The number of nitrogens with one attached hydrogen (secondary N) is 4. The van der Waals surface area contributed by atoms with Crippen molar-refractivity contribution in [3.8, 4) is 10.4 Å². The zero-order valence-corrected chi connectivity index (χ0v) is 39.8. The zero-order valence-electron chi connectivity index (χ0n) is 39.0. The number of thiazole rings is 1. The van der Waals surface area contributed by atoms with Crippen molar-refractivity contribution in [1.29, 1.82) is 0 Å². The molecular formula is C49H61N11O5S. The van der Waals surface area contributed by atoms with Crippen LogP contribution >= 0.6 is 11.3 Å². The smallest absolute Gasteiger partial charge is 0.327 e. The van der Waals surface area contributed by atoms with Gasteiger partial charge in [-0.05, 0) is 79.6 Å². The van der Waals surface area contributed by atoms with Gasteiger partial charge < -0.3 is 36.2 Å². The Bertz CT molecular complexity index is 2500. The second-order valence-corrected chi connectivity index (χ2v) is 19.2. The van der Waals surface area contributed by atoms with Gasteiger partial charge in [-0.2, -0.15) is 0 Å². The molecule has 0 bridgehead atoms. The maximum Gasteiger partial charge on any atom is 0.327 e. The number of urea groups is 1. The molecule has 2 saturated heterocycles. The van der Waals surface area contributed by atoms with Crippen LogP contribution in [-0.2, 0) is 14.4 Å². The molecular weight excluding hydrogens is 855 g/mol. The summed E-state index contributed by atoms with van der Waals surface area (Å²) < 4.78 is 0. The van der Waals surface area contributed by atoms with Crippen LogP contribution in [0.5, 0.6) is 0 Å². The third kappa shape index (κ3) is 11.3.